The van der Waals surface area contributed by atoms with E-state index in [0.29, 0.717) is 18.8 Å². The third-order valence-electron chi connectivity index (χ3n) is 7.18. The first-order chi connectivity index (χ1) is 15.9. The van der Waals surface area contributed by atoms with E-state index in [0.717, 1.165) is 32.1 Å². The molecule has 1 aliphatic carbocycles. The third-order valence-corrected chi connectivity index (χ3v) is 9.69. The fraction of sp³-hybridized carbons (Fsp3) is 0.652. The number of hydrogen-bond donors (Lipinski definition) is 2. The molecule has 2 amide bonds. The molecule has 33 heavy (non-hydrogen) atoms. The van der Waals surface area contributed by atoms with E-state index >= 15 is 0 Å². The zero-order valence-electron chi connectivity index (χ0n) is 18.7. The quantitative estimate of drug-likeness (QED) is 0.472. The monoisotopic (exact) mass is 480 g/mol. The van der Waals surface area contributed by atoms with Crippen LogP contribution in [-0.2, 0) is 24.2 Å². The van der Waals surface area contributed by atoms with Gasteiger partial charge in [0.15, 0.2) is 14.6 Å². The third kappa shape index (κ3) is 4.74. The standard InChI is InChI=1S/C23H32N2O7S/c26-21(17-4-2-1-3-5-17)25-13-10-19(16-25)32-18-6-8-20(9-7-18)33(29,30)23(22(27)24-28)11-14-31-15-12-23/h6-9,17,19,28H,1-5,10-16H2,(H,24,27)/t19-/m1/s1. The van der Waals surface area contributed by atoms with Crippen LogP contribution in [0.3, 0.4) is 0 Å². The summed E-state index contributed by atoms with van der Waals surface area (Å²) in [4.78, 5) is 27.0. The molecule has 0 unspecified atom stereocenters. The highest BCUT2D eigenvalue weighted by molar-refractivity contribution is 7.93. The summed E-state index contributed by atoms with van der Waals surface area (Å²) in [7, 11) is -4.07. The topological polar surface area (TPSA) is 122 Å². The minimum atomic E-state index is -4.07. The van der Waals surface area contributed by atoms with Crippen LogP contribution in [-0.4, -0.2) is 67.5 Å². The van der Waals surface area contributed by atoms with Crippen molar-refractivity contribution in [3.05, 3.63) is 24.3 Å². The molecule has 2 saturated heterocycles. The van der Waals surface area contributed by atoms with Crippen LogP contribution in [0.25, 0.3) is 0 Å². The van der Waals surface area contributed by atoms with Gasteiger partial charge in [-0.3, -0.25) is 14.8 Å². The van der Waals surface area contributed by atoms with Crippen LogP contribution in [0, 0.1) is 5.92 Å². The van der Waals surface area contributed by atoms with Crippen molar-refractivity contribution in [1.29, 1.82) is 0 Å². The predicted molar refractivity (Wildman–Crippen MR) is 119 cm³/mol. The van der Waals surface area contributed by atoms with Crippen LogP contribution in [0.5, 0.6) is 5.75 Å². The molecule has 1 saturated carbocycles. The first kappa shape index (κ1) is 24.0. The van der Waals surface area contributed by atoms with Crippen LogP contribution in [0.1, 0.15) is 51.4 Å². The van der Waals surface area contributed by atoms with Crippen molar-refractivity contribution < 1.29 is 32.7 Å². The zero-order valence-corrected chi connectivity index (χ0v) is 19.5. The van der Waals surface area contributed by atoms with Gasteiger partial charge in [-0.1, -0.05) is 19.3 Å². The summed E-state index contributed by atoms with van der Waals surface area (Å²) in [5.41, 5.74) is 1.52. The fourth-order valence-corrected chi connectivity index (χ4v) is 7.11. The lowest BCUT2D eigenvalue weighted by molar-refractivity contribution is -0.136. The number of hydroxylamine groups is 1. The highest BCUT2D eigenvalue weighted by Gasteiger charge is 2.52. The Labute approximate surface area is 194 Å². The van der Waals surface area contributed by atoms with Gasteiger partial charge in [-0.2, -0.15) is 0 Å². The van der Waals surface area contributed by atoms with Gasteiger partial charge in [0.2, 0.25) is 5.91 Å². The lowest BCUT2D eigenvalue weighted by atomic mass is 9.88. The Balaban J connectivity index is 1.41. The Kier molecular flexibility index (Phi) is 7.25. The van der Waals surface area contributed by atoms with Crippen LogP contribution in [0.4, 0.5) is 0 Å². The number of nitrogens with one attached hydrogen (secondary N) is 1. The number of carbonyl (C=O) groups is 2. The van der Waals surface area contributed by atoms with E-state index in [9.17, 15) is 18.0 Å². The normalized spacial score (nSPS) is 23.8. The molecule has 3 fully saturated rings. The maximum absolute atomic E-state index is 13.3. The van der Waals surface area contributed by atoms with Crippen LogP contribution < -0.4 is 10.2 Å². The van der Waals surface area contributed by atoms with Gasteiger partial charge in [0, 0.05) is 32.1 Å². The van der Waals surface area contributed by atoms with E-state index in [1.807, 2.05) is 4.90 Å². The molecule has 2 N–H and O–H groups in total. The van der Waals surface area contributed by atoms with E-state index in [1.165, 1.54) is 24.0 Å². The Morgan fingerprint density at radius 2 is 1.73 bits per heavy atom. The highest BCUT2D eigenvalue weighted by Crippen LogP contribution is 2.36. The molecule has 0 aromatic heterocycles. The van der Waals surface area contributed by atoms with Gasteiger partial charge < -0.3 is 14.4 Å². The molecule has 1 aromatic rings. The van der Waals surface area contributed by atoms with E-state index < -0.39 is 20.5 Å². The van der Waals surface area contributed by atoms with Crippen LogP contribution in [0.2, 0.25) is 0 Å². The Morgan fingerprint density at radius 3 is 2.36 bits per heavy atom. The Morgan fingerprint density at radius 1 is 1.06 bits per heavy atom. The van der Waals surface area contributed by atoms with Crippen molar-refractivity contribution in [3.8, 4) is 5.75 Å². The van der Waals surface area contributed by atoms with Crippen LogP contribution in [0.15, 0.2) is 29.2 Å². The lowest BCUT2D eigenvalue weighted by Gasteiger charge is -2.34. The lowest BCUT2D eigenvalue weighted by Crippen LogP contribution is -2.54. The Bertz CT molecular complexity index is 952. The molecular weight excluding hydrogens is 448 g/mol. The van der Waals surface area contributed by atoms with E-state index in [-0.39, 0.29) is 48.9 Å². The minimum Gasteiger partial charge on any atom is -0.489 e. The van der Waals surface area contributed by atoms with Crippen LogP contribution >= 0.6 is 0 Å². The first-order valence-corrected chi connectivity index (χ1v) is 13.2. The largest absolute Gasteiger partial charge is 0.489 e. The summed E-state index contributed by atoms with van der Waals surface area (Å²) in [6.07, 6.45) is 5.92. The number of rotatable bonds is 6. The maximum atomic E-state index is 13.3. The molecule has 182 valence electrons. The molecule has 1 atom stereocenters. The van der Waals surface area contributed by atoms with Gasteiger partial charge in [0.1, 0.15) is 11.9 Å². The number of amides is 2. The van der Waals surface area contributed by atoms with Gasteiger partial charge >= 0.3 is 0 Å². The van der Waals surface area contributed by atoms with Crippen molar-refractivity contribution in [3.63, 3.8) is 0 Å². The number of ether oxygens (including phenoxy) is 2. The molecular formula is C23H32N2O7S. The van der Waals surface area contributed by atoms with Crippen molar-refractivity contribution >= 4 is 21.7 Å². The Hall–Kier alpha value is -2.17. The number of hydrogen-bond acceptors (Lipinski definition) is 7. The van der Waals surface area contributed by atoms with Gasteiger partial charge in [-0.15, -0.1) is 0 Å². The molecule has 0 spiro atoms. The molecule has 0 bridgehead atoms. The summed E-state index contributed by atoms with van der Waals surface area (Å²) in [6.45, 7) is 1.44. The molecule has 2 heterocycles. The van der Waals surface area contributed by atoms with Gasteiger partial charge in [0.05, 0.1) is 11.4 Å². The summed E-state index contributed by atoms with van der Waals surface area (Å²) in [5, 5.41) is 9.16. The first-order valence-electron chi connectivity index (χ1n) is 11.7. The highest BCUT2D eigenvalue weighted by atomic mass is 32.2. The summed E-state index contributed by atoms with van der Waals surface area (Å²) >= 11 is 0. The van der Waals surface area contributed by atoms with Crippen molar-refractivity contribution in [2.75, 3.05) is 26.3 Å². The molecule has 2 aliphatic heterocycles. The number of carbonyl (C=O) groups excluding carboxylic acids is 2. The second-order valence-electron chi connectivity index (χ2n) is 9.17. The second kappa shape index (κ2) is 9.99. The van der Waals surface area contributed by atoms with Gasteiger partial charge in [-0.05, 0) is 49.9 Å². The number of sulfone groups is 1. The average Bonchev–Trinajstić information content (AvgIpc) is 3.32. The summed E-state index contributed by atoms with van der Waals surface area (Å²) in [5.74, 6) is -0.0693. The SMILES string of the molecule is O=C(C1CCCCC1)N1CC[C@@H](Oc2ccc(S(=O)(=O)C3(C(=O)NO)CCOCC3)cc2)C1. The fourth-order valence-electron chi connectivity index (χ4n) is 5.17. The summed E-state index contributed by atoms with van der Waals surface area (Å²) in [6, 6.07) is 5.99. The molecule has 0 radical (unpaired) electrons. The van der Waals surface area contributed by atoms with Gasteiger partial charge in [-0.25, -0.2) is 13.9 Å². The zero-order chi connectivity index (χ0) is 23.5. The van der Waals surface area contributed by atoms with Crippen molar-refractivity contribution in [2.24, 2.45) is 5.92 Å². The predicted octanol–water partition coefficient (Wildman–Crippen LogP) is 2.07. The smallest absolute Gasteiger partial charge is 0.265 e. The summed E-state index contributed by atoms with van der Waals surface area (Å²) < 4.78 is 36.1. The molecule has 9 nitrogen and oxygen atoms in total. The van der Waals surface area contributed by atoms with Crippen molar-refractivity contribution in [2.45, 2.75) is 67.1 Å². The average molecular weight is 481 g/mol. The number of likely N-dealkylation sites (tertiary alicyclic amines) is 1. The molecule has 3 aliphatic rings. The van der Waals surface area contributed by atoms with E-state index in [4.69, 9.17) is 14.7 Å². The second-order valence-corrected chi connectivity index (χ2v) is 11.4. The van der Waals surface area contributed by atoms with E-state index in [1.54, 1.807) is 12.1 Å². The molecule has 1 aromatic carbocycles. The van der Waals surface area contributed by atoms with Gasteiger partial charge in [0.25, 0.3) is 5.91 Å². The van der Waals surface area contributed by atoms with Crippen molar-refractivity contribution in [1.82, 2.24) is 10.4 Å². The number of nitrogens with zero attached hydrogens (tertiary/aromatic N) is 1. The molecule has 10 heteroatoms. The van der Waals surface area contributed by atoms with E-state index in [2.05, 4.69) is 0 Å². The minimum absolute atomic E-state index is 0.0131. The molecule has 4 rings (SSSR count). The maximum Gasteiger partial charge on any atom is 0.265 e. The number of benzene rings is 1.